The third kappa shape index (κ3) is 4.32. The molecular formula is C12H18O5. The van der Waals surface area contributed by atoms with Crippen molar-refractivity contribution in [1.29, 1.82) is 0 Å². The van der Waals surface area contributed by atoms with Crippen LogP contribution in [0.4, 0.5) is 0 Å². The summed E-state index contributed by atoms with van der Waals surface area (Å²) < 4.78 is 5.17. The van der Waals surface area contributed by atoms with Crippen LogP contribution in [0, 0.1) is 6.92 Å². The average Bonchev–Trinajstić information content (AvgIpc) is 2.32. The second kappa shape index (κ2) is 6.56. The van der Waals surface area contributed by atoms with E-state index >= 15 is 0 Å². The first kappa shape index (κ1) is 13.9. The van der Waals surface area contributed by atoms with Gasteiger partial charge in [-0.15, -0.1) is 0 Å². The van der Waals surface area contributed by atoms with Gasteiger partial charge in [0.1, 0.15) is 18.0 Å². The van der Waals surface area contributed by atoms with Crippen LogP contribution in [0.2, 0.25) is 0 Å². The molecule has 1 aromatic rings. The highest BCUT2D eigenvalue weighted by molar-refractivity contribution is 5.34. The number of ether oxygens (including phenoxy) is 1. The molecule has 1 rings (SSSR count). The maximum Gasteiger partial charge on any atom is 0.118 e. The van der Waals surface area contributed by atoms with Gasteiger partial charge in [0.25, 0.3) is 0 Å². The number of aliphatic hydroxyl groups is 3. The van der Waals surface area contributed by atoms with E-state index in [-0.39, 0.29) is 19.0 Å². The van der Waals surface area contributed by atoms with Gasteiger partial charge in [0.2, 0.25) is 0 Å². The molecule has 96 valence electrons. The van der Waals surface area contributed by atoms with Gasteiger partial charge in [0, 0.05) is 0 Å². The van der Waals surface area contributed by atoms with Crippen molar-refractivity contribution in [2.75, 3.05) is 13.2 Å². The predicted octanol–water partition coefficient (Wildman–Crippen LogP) is -0.0687. The SMILES string of the molecule is Cc1ccc(COCC(O)C(O)CO)cc1O. The van der Waals surface area contributed by atoms with Gasteiger partial charge in [-0.2, -0.15) is 0 Å². The van der Waals surface area contributed by atoms with Crippen molar-refractivity contribution in [1.82, 2.24) is 0 Å². The minimum atomic E-state index is -1.19. The highest BCUT2D eigenvalue weighted by atomic mass is 16.5. The molecule has 4 N–H and O–H groups in total. The van der Waals surface area contributed by atoms with E-state index in [1.165, 1.54) is 0 Å². The van der Waals surface area contributed by atoms with Gasteiger partial charge in [0.05, 0.1) is 19.8 Å². The van der Waals surface area contributed by atoms with Crippen molar-refractivity contribution in [2.45, 2.75) is 25.7 Å². The maximum atomic E-state index is 9.46. The molecular weight excluding hydrogens is 224 g/mol. The quantitative estimate of drug-likeness (QED) is 0.560. The lowest BCUT2D eigenvalue weighted by atomic mass is 10.1. The summed E-state index contributed by atoms with van der Waals surface area (Å²) in [5.41, 5.74) is 1.56. The maximum absolute atomic E-state index is 9.46. The Labute approximate surface area is 99.9 Å². The molecule has 0 heterocycles. The van der Waals surface area contributed by atoms with E-state index in [4.69, 9.17) is 14.9 Å². The van der Waals surface area contributed by atoms with Crippen molar-refractivity contribution >= 4 is 0 Å². The van der Waals surface area contributed by atoms with Crippen LogP contribution in [0.1, 0.15) is 11.1 Å². The van der Waals surface area contributed by atoms with E-state index in [1.807, 2.05) is 6.07 Å². The van der Waals surface area contributed by atoms with Crippen LogP contribution in [0.5, 0.6) is 5.75 Å². The van der Waals surface area contributed by atoms with Gasteiger partial charge >= 0.3 is 0 Å². The average molecular weight is 242 g/mol. The second-order valence-electron chi connectivity index (χ2n) is 3.95. The molecule has 2 unspecified atom stereocenters. The molecule has 0 aliphatic carbocycles. The number of benzene rings is 1. The van der Waals surface area contributed by atoms with E-state index in [0.29, 0.717) is 0 Å². The Morgan fingerprint density at radius 1 is 1.24 bits per heavy atom. The Kier molecular flexibility index (Phi) is 5.37. The van der Waals surface area contributed by atoms with E-state index in [1.54, 1.807) is 19.1 Å². The number of phenols is 1. The zero-order valence-electron chi connectivity index (χ0n) is 9.71. The highest BCUT2D eigenvalue weighted by Crippen LogP contribution is 2.17. The molecule has 5 heteroatoms. The smallest absolute Gasteiger partial charge is 0.118 e. The van der Waals surface area contributed by atoms with Gasteiger partial charge in [-0.25, -0.2) is 0 Å². The summed E-state index contributed by atoms with van der Waals surface area (Å²) in [6, 6.07) is 5.17. The Hall–Kier alpha value is -1.14. The largest absolute Gasteiger partial charge is 0.508 e. The fourth-order valence-corrected chi connectivity index (χ4v) is 1.28. The summed E-state index contributed by atoms with van der Waals surface area (Å²) in [5, 5.41) is 36.4. The van der Waals surface area contributed by atoms with Crippen LogP contribution in [-0.4, -0.2) is 45.8 Å². The molecule has 0 aliphatic heterocycles. The number of hydrogen-bond acceptors (Lipinski definition) is 5. The summed E-state index contributed by atoms with van der Waals surface area (Å²) in [5.74, 6) is 0.196. The minimum Gasteiger partial charge on any atom is -0.508 e. The number of aryl methyl sites for hydroxylation is 1. The second-order valence-corrected chi connectivity index (χ2v) is 3.95. The summed E-state index contributed by atoms with van der Waals surface area (Å²) >= 11 is 0. The minimum absolute atomic E-state index is 0.0731. The van der Waals surface area contributed by atoms with Crippen molar-refractivity contribution in [2.24, 2.45) is 0 Å². The van der Waals surface area contributed by atoms with Crippen LogP contribution in [0.15, 0.2) is 18.2 Å². The lowest BCUT2D eigenvalue weighted by Crippen LogP contribution is -2.33. The van der Waals surface area contributed by atoms with Crippen molar-refractivity contribution < 1.29 is 25.2 Å². The zero-order chi connectivity index (χ0) is 12.8. The molecule has 0 bridgehead atoms. The lowest BCUT2D eigenvalue weighted by molar-refractivity contribution is -0.0601. The van der Waals surface area contributed by atoms with Crippen LogP contribution in [0.3, 0.4) is 0 Å². The number of aliphatic hydroxyl groups excluding tert-OH is 3. The Morgan fingerprint density at radius 2 is 1.94 bits per heavy atom. The molecule has 0 radical (unpaired) electrons. The third-order valence-corrected chi connectivity index (χ3v) is 2.46. The van der Waals surface area contributed by atoms with E-state index in [9.17, 15) is 10.2 Å². The van der Waals surface area contributed by atoms with Gasteiger partial charge in [-0.05, 0) is 24.1 Å². The molecule has 0 amide bonds. The van der Waals surface area contributed by atoms with E-state index in [2.05, 4.69) is 0 Å². The highest BCUT2D eigenvalue weighted by Gasteiger charge is 2.14. The monoisotopic (exact) mass is 242 g/mol. The first-order chi connectivity index (χ1) is 8.04. The molecule has 17 heavy (non-hydrogen) atoms. The Morgan fingerprint density at radius 3 is 2.53 bits per heavy atom. The lowest BCUT2D eigenvalue weighted by Gasteiger charge is -2.15. The summed E-state index contributed by atoms with van der Waals surface area (Å²) in [6.07, 6.45) is -2.31. The Bertz CT molecular complexity index is 353. The number of aromatic hydroxyl groups is 1. The molecule has 2 atom stereocenters. The number of rotatable bonds is 6. The molecule has 0 spiro atoms. The van der Waals surface area contributed by atoms with Crippen LogP contribution in [0.25, 0.3) is 0 Å². The number of phenolic OH excluding ortho intramolecular Hbond substituents is 1. The topological polar surface area (TPSA) is 90.2 Å². The van der Waals surface area contributed by atoms with E-state index in [0.717, 1.165) is 11.1 Å². The van der Waals surface area contributed by atoms with Gasteiger partial charge in [0.15, 0.2) is 0 Å². The van der Waals surface area contributed by atoms with Gasteiger partial charge in [-0.3, -0.25) is 0 Å². The molecule has 1 aromatic carbocycles. The van der Waals surface area contributed by atoms with E-state index < -0.39 is 18.8 Å². The first-order valence-electron chi connectivity index (χ1n) is 5.37. The molecule has 0 fully saturated rings. The first-order valence-corrected chi connectivity index (χ1v) is 5.37. The van der Waals surface area contributed by atoms with Crippen molar-refractivity contribution in [3.8, 4) is 5.75 Å². The van der Waals surface area contributed by atoms with Crippen molar-refractivity contribution in [3.63, 3.8) is 0 Å². The predicted molar refractivity (Wildman–Crippen MR) is 61.6 cm³/mol. The molecule has 0 saturated carbocycles. The van der Waals surface area contributed by atoms with Gasteiger partial charge in [-0.1, -0.05) is 12.1 Å². The molecule has 5 nitrogen and oxygen atoms in total. The molecule has 0 saturated heterocycles. The van der Waals surface area contributed by atoms with Crippen molar-refractivity contribution in [3.05, 3.63) is 29.3 Å². The van der Waals surface area contributed by atoms with Crippen LogP contribution < -0.4 is 0 Å². The number of hydrogen-bond donors (Lipinski definition) is 4. The third-order valence-electron chi connectivity index (χ3n) is 2.46. The summed E-state index contributed by atoms with van der Waals surface area (Å²) in [6.45, 7) is 1.44. The zero-order valence-corrected chi connectivity index (χ0v) is 9.71. The summed E-state index contributed by atoms with van der Waals surface area (Å²) in [4.78, 5) is 0. The fourth-order valence-electron chi connectivity index (χ4n) is 1.28. The fraction of sp³-hybridized carbons (Fsp3) is 0.500. The normalized spacial score (nSPS) is 14.6. The molecule has 0 aromatic heterocycles. The van der Waals surface area contributed by atoms with Gasteiger partial charge < -0.3 is 25.2 Å². The standard InChI is InChI=1S/C12H18O5/c1-8-2-3-9(4-10(8)14)6-17-7-12(16)11(15)5-13/h2-4,11-16H,5-7H2,1H3. The van der Waals surface area contributed by atoms with Crippen LogP contribution in [-0.2, 0) is 11.3 Å². The molecule has 0 aliphatic rings. The summed E-state index contributed by atoms with van der Waals surface area (Å²) in [7, 11) is 0. The van der Waals surface area contributed by atoms with Crippen LogP contribution >= 0.6 is 0 Å². The Balaban J connectivity index is 2.38.